The molecule has 0 unspecified atom stereocenters. The number of hydrogen-bond donors (Lipinski definition) is 0. The minimum atomic E-state index is 0.807. The SMILES string of the molecule is Clc1cc(I)cc(CBr)c1. The molecule has 0 aromatic heterocycles. The van der Waals surface area contributed by atoms with E-state index in [1.165, 1.54) is 9.13 Å². The predicted octanol–water partition coefficient (Wildman–Crippen LogP) is 3.84. The van der Waals surface area contributed by atoms with E-state index in [-0.39, 0.29) is 0 Å². The number of hydrogen-bond acceptors (Lipinski definition) is 0. The summed E-state index contributed by atoms with van der Waals surface area (Å²) in [6.45, 7) is 0. The molecule has 0 saturated heterocycles. The molecule has 0 atom stereocenters. The Hall–Kier alpha value is 0.720. The summed E-state index contributed by atoms with van der Waals surface area (Å²) in [4.78, 5) is 0. The van der Waals surface area contributed by atoms with Crippen molar-refractivity contribution in [3.63, 3.8) is 0 Å². The summed E-state index contributed by atoms with van der Waals surface area (Å²) in [7, 11) is 0. The first-order chi connectivity index (χ1) is 4.72. The van der Waals surface area contributed by atoms with Gasteiger partial charge < -0.3 is 0 Å². The lowest BCUT2D eigenvalue weighted by Gasteiger charge is -1.96. The zero-order valence-corrected chi connectivity index (χ0v) is 9.57. The van der Waals surface area contributed by atoms with Crippen molar-refractivity contribution in [1.82, 2.24) is 0 Å². The van der Waals surface area contributed by atoms with Crippen LogP contribution in [0.1, 0.15) is 5.56 Å². The van der Waals surface area contributed by atoms with Crippen molar-refractivity contribution in [2.24, 2.45) is 0 Å². The molecule has 0 saturated carbocycles. The van der Waals surface area contributed by atoms with Crippen LogP contribution in [0.5, 0.6) is 0 Å². The zero-order valence-electron chi connectivity index (χ0n) is 5.07. The second kappa shape index (κ2) is 3.93. The average molecular weight is 331 g/mol. The summed E-state index contributed by atoms with van der Waals surface area (Å²) in [5.74, 6) is 0. The number of alkyl halides is 1. The van der Waals surface area contributed by atoms with Gasteiger partial charge in [0.1, 0.15) is 0 Å². The Morgan fingerprint density at radius 1 is 1.40 bits per heavy atom. The van der Waals surface area contributed by atoms with Crippen molar-refractivity contribution >= 4 is 50.1 Å². The van der Waals surface area contributed by atoms with E-state index in [1.54, 1.807) is 0 Å². The van der Waals surface area contributed by atoms with Gasteiger partial charge >= 0.3 is 0 Å². The summed E-state index contributed by atoms with van der Waals surface area (Å²) in [5, 5.41) is 1.67. The Labute approximate surface area is 87.2 Å². The highest BCUT2D eigenvalue weighted by atomic mass is 127. The van der Waals surface area contributed by atoms with Gasteiger partial charge in [-0.15, -0.1) is 0 Å². The maximum Gasteiger partial charge on any atom is 0.0419 e. The van der Waals surface area contributed by atoms with Crippen LogP contribution < -0.4 is 0 Å². The van der Waals surface area contributed by atoms with Crippen molar-refractivity contribution in [1.29, 1.82) is 0 Å². The normalized spacial score (nSPS) is 9.90. The van der Waals surface area contributed by atoms with E-state index >= 15 is 0 Å². The number of rotatable bonds is 1. The van der Waals surface area contributed by atoms with Gasteiger partial charge in [-0.05, 0) is 46.4 Å². The van der Waals surface area contributed by atoms with Gasteiger partial charge in [0.2, 0.25) is 0 Å². The van der Waals surface area contributed by atoms with Crippen LogP contribution >= 0.6 is 50.1 Å². The van der Waals surface area contributed by atoms with Crippen LogP contribution in [-0.4, -0.2) is 0 Å². The Bertz CT molecular complexity index is 217. The quantitative estimate of drug-likeness (QED) is 0.542. The van der Waals surface area contributed by atoms with Crippen LogP contribution in [0, 0.1) is 3.57 Å². The highest BCUT2D eigenvalue weighted by Crippen LogP contribution is 2.18. The summed E-state index contributed by atoms with van der Waals surface area (Å²) >= 11 is 11.4. The molecule has 0 fully saturated rings. The zero-order chi connectivity index (χ0) is 7.56. The summed E-state index contributed by atoms with van der Waals surface area (Å²) in [6.07, 6.45) is 0. The Kier molecular flexibility index (Phi) is 3.46. The minimum absolute atomic E-state index is 0.807. The first-order valence-electron chi connectivity index (χ1n) is 2.73. The molecule has 1 aromatic rings. The van der Waals surface area contributed by atoms with Gasteiger partial charge in [-0.25, -0.2) is 0 Å². The highest BCUT2D eigenvalue weighted by molar-refractivity contribution is 14.1. The molecule has 54 valence electrons. The van der Waals surface area contributed by atoms with E-state index in [1.807, 2.05) is 12.1 Å². The Morgan fingerprint density at radius 2 is 2.10 bits per heavy atom. The van der Waals surface area contributed by atoms with Crippen LogP contribution in [0.4, 0.5) is 0 Å². The van der Waals surface area contributed by atoms with Gasteiger partial charge in [0.25, 0.3) is 0 Å². The van der Waals surface area contributed by atoms with Crippen LogP contribution in [0.15, 0.2) is 18.2 Å². The molecular weight excluding hydrogens is 326 g/mol. The molecule has 3 heteroatoms. The van der Waals surface area contributed by atoms with Crippen LogP contribution in [0.25, 0.3) is 0 Å². The van der Waals surface area contributed by atoms with Crippen LogP contribution in [0.3, 0.4) is 0 Å². The van der Waals surface area contributed by atoms with Crippen molar-refractivity contribution in [2.45, 2.75) is 5.33 Å². The molecule has 1 aromatic carbocycles. The number of benzene rings is 1. The van der Waals surface area contributed by atoms with Crippen LogP contribution in [-0.2, 0) is 5.33 Å². The van der Waals surface area contributed by atoms with Gasteiger partial charge in [-0.1, -0.05) is 27.5 Å². The molecule has 0 aliphatic heterocycles. The standard InChI is InChI=1S/C7H5BrClI/c8-4-5-1-6(9)3-7(10)2-5/h1-3H,4H2. The fourth-order valence-corrected chi connectivity index (χ4v) is 2.19. The Balaban J connectivity index is 3.06. The fourth-order valence-electron chi connectivity index (χ4n) is 0.688. The third-order valence-corrected chi connectivity index (χ3v) is 2.57. The molecule has 1 rings (SSSR count). The molecule has 0 bridgehead atoms. The Morgan fingerprint density at radius 3 is 2.60 bits per heavy atom. The van der Waals surface area contributed by atoms with E-state index in [9.17, 15) is 0 Å². The largest absolute Gasteiger partial charge is 0.0876 e. The van der Waals surface area contributed by atoms with Crippen molar-refractivity contribution in [3.05, 3.63) is 32.4 Å². The van der Waals surface area contributed by atoms with Crippen LogP contribution in [0.2, 0.25) is 5.02 Å². The van der Waals surface area contributed by atoms with Gasteiger partial charge in [0.05, 0.1) is 0 Å². The topological polar surface area (TPSA) is 0 Å². The van der Waals surface area contributed by atoms with Gasteiger partial charge in [0, 0.05) is 13.9 Å². The third-order valence-electron chi connectivity index (χ3n) is 1.08. The van der Waals surface area contributed by atoms with E-state index in [0.717, 1.165) is 10.4 Å². The summed E-state index contributed by atoms with van der Waals surface area (Å²) in [5.41, 5.74) is 1.22. The second-order valence-corrected chi connectivity index (χ2v) is 4.15. The maximum absolute atomic E-state index is 5.80. The van der Waals surface area contributed by atoms with Gasteiger partial charge in [-0.2, -0.15) is 0 Å². The molecular formula is C7H5BrClI. The fraction of sp³-hybridized carbons (Fsp3) is 0.143. The van der Waals surface area contributed by atoms with Gasteiger partial charge in [0.15, 0.2) is 0 Å². The maximum atomic E-state index is 5.80. The van der Waals surface area contributed by atoms with Crippen molar-refractivity contribution in [2.75, 3.05) is 0 Å². The van der Waals surface area contributed by atoms with E-state index in [2.05, 4.69) is 44.6 Å². The number of halogens is 3. The third kappa shape index (κ3) is 2.40. The lowest BCUT2D eigenvalue weighted by molar-refractivity contribution is 1.42. The lowest BCUT2D eigenvalue weighted by atomic mass is 10.2. The molecule has 0 radical (unpaired) electrons. The minimum Gasteiger partial charge on any atom is -0.0876 e. The predicted molar refractivity (Wildman–Crippen MR) is 56.8 cm³/mol. The van der Waals surface area contributed by atoms with Crippen molar-refractivity contribution < 1.29 is 0 Å². The van der Waals surface area contributed by atoms with E-state index in [0.29, 0.717) is 0 Å². The first kappa shape index (κ1) is 8.81. The molecule has 0 spiro atoms. The first-order valence-corrected chi connectivity index (χ1v) is 5.31. The molecule has 10 heavy (non-hydrogen) atoms. The molecule has 0 amide bonds. The summed E-state index contributed by atoms with van der Waals surface area (Å²) in [6, 6.07) is 5.99. The monoisotopic (exact) mass is 330 g/mol. The molecule has 0 heterocycles. The second-order valence-electron chi connectivity index (χ2n) is 1.91. The van der Waals surface area contributed by atoms with Gasteiger partial charge in [-0.3, -0.25) is 0 Å². The molecule has 0 aliphatic rings. The average Bonchev–Trinajstić information content (AvgIpc) is 1.85. The molecule has 0 N–H and O–H groups in total. The van der Waals surface area contributed by atoms with Crippen molar-refractivity contribution in [3.8, 4) is 0 Å². The lowest BCUT2D eigenvalue weighted by Crippen LogP contribution is -1.78. The summed E-state index contributed by atoms with van der Waals surface area (Å²) < 4.78 is 1.18. The molecule has 0 nitrogen and oxygen atoms in total. The molecule has 0 aliphatic carbocycles. The van der Waals surface area contributed by atoms with E-state index in [4.69, 9.17) is 11.6 Å². The smallest absolute Gasteiger partial charge is 0.0419 e. The van der Waals surface area contributed by atoms with E-state index < -0.39 is 0 Å². The highest BCUT2D eigenvalue weighted by Gasteiger charge is 1.94.